The van der Waals surface area contributed by atoms with Crippen molar-refractivity contribution in [1.29, 1.82) is 0 Å². The zero-order chi connectivity index (χ0) is 10.8. The summed E-state index contributed by atoms with van der Waals surface area (Å²) in [6.07, 6.45) is 0.924. The van der Waals surface area contributed by atoms with Gasteiger partial charge in [0.05, 0.1) is 0 Å². The van der Waals surface area contributed by atoms with Gasteiger partial charge in [0, 0.05) is 6.54 Å². The number of hydrogen-bond donors (Lipinski definition) is 1. The van der Waals surface area contributed by atoms with Gasteiger partial charge in [-0.1, -0.05) is 19.1 Å². The van der Waals surface area contributed by atoms with E-state index in [4.69, 9.17) is 0 Å². The predicted octanol–water partition coefficient (Wildman–Crippen LogP) is 2.68. The lowest BCUT2D eigenvalue weighted by atomic mass is 9.86. The van der Waals surface area contributed by atoms with Crippen LogP contribution in [-0.2, 0) is 0 Å². The van der Waals surface area contributed by atoms with Crippen LogP contribution >= 0.6 is 0 Å². The second kappa shape index (κ2) is 4.27. The Morgan fingerprint density at radius 2 is 2.07 bits per heavy atom. The van der Waals surface area contributed by atoms with Crippen LogP contribution in [0.1, 0.15) is 24.8 Å². The summed E-state index contributed by atoms with van der Waals surface area (Å²) in [7, 11) is 0. The Labute approximate surface area is 88.5 Å². The first kappa shape index (κ1) is 10.6. The van der Waals surface area contributed by atoms with Gasteiger partial charge in [-0.25, -0.2) is 8.78 Å². The van der Waals surface area contributed by atoms with Crippen molar-refractivity contribution in [3.8, 4) is 0 Å². The van der Waals surface area contributed by atoms with Crippen LogP contribution in [-0.4, -0.2) is 13.1 Å². The van der Waals surface area contributed by atoms with Crippen LogP contribution in [0.4, 0.5) is 8.78 Å². The molecular weight excluding hydrogens is 196 g/mol. The molecule has 1 aliphatic rings. The van der Waals surface area contributed by atoms with Crippen molar-refractivity contribution in [3.63, 3.8) is 0 Å². The van der Waals surface area contributed by atoms with Crippen LogP contribution < -0.4 is 5.32 Å². The summed E-state index contributed by atoms with van der Waals surface area (Å²) in [5.41, 5.74) is 0.508. The third-order valence-electron chi connectivity index (χ3n) is 2.99. The molecule has 3 heteroatoms. The summed E-state index contributed by atoms with van der Waals surface area (Å²) in [5, 5.41) is 3.24. The second-order valence-corrected chi connectivity index (χ2v) is 4.34. The average molecular weight is 211 g/mol. The van der Waals surface area contributed by atoms with Gasteiger partial charge in [-0.15, -0.1) is 0 Å². The molecule has 1 fully saturated rings. The van der Waals surface area contributed by atoms with Crippen LogP contribution in [0.3, 0.4) is 0 Å². The molecule has 1 aromatic carbocycles. The van der Waals surface area contributed by atoms with Crippen molar-refractivity contribution < 1.29 is 8.78 Å². The molecule has 1 aliphatic heterocycles. The molecular formula is C12H15F2N. The zero-order valence-corrected chi connectivity index (χ0v) is 8.76. The second-order valence-electron chi connectivity index (χ2n) is 4.34. The Morgan fingerprint density at radius 3 is 2.80 bits per heavy atom. The first-order valence-electron chi connectivity index (χ1n) is 5.33. The van der Waals surface area contributed by atoms with Crippen molar-refractivity contribution in [2.24, 2.45) is 5.92 Å². The maximum atomic E-state index is 13.5. The molecule has 1 nitrogen and oxygen atoms in total. The summed E-state index contributed by atoms with van der Waals surface area (Å²) in [5.74, 6) is -0.806. The van der Waals surface area contributed by atoms with Gasteiger partial charge < -0.3 is 5.32 Å². The van der Waals surface area contributed by atoms with E-state index in [1.807, 2.05) is 0 Å². The van der Waals surface area contributed by atoms with E-state index in [1.54, 1.807) is 12.1 Å². The van der Waals surface area contributed by atoms with Crippen LogP contribution in [0.15, 0.2) is 18.2 Å². The maximum absolute atomic E-state index is 13.5. The largest absolute Gasteiger partial charge is 0.316 e. The molecule has 0 bridgehead atoms. The van der Waals surface area contributed by atoms with Gasteiger partial charge in [-0.05, 0) is 36.4 Å². The molecule has 1 N–H and O–H groups in total. The number of halogens is 2. The molecule has 82 valence electrons. The normalized spacial score (nSPS) is 26.6. The molecule has 2 atom stereocenters. The third kappa shape index (κ3) is 2.17. The smallest absolute Gasteiger partial charge is 0.162 e. The van der Waals surface area contributed by atoms with E-state index >= 15 is 0 Å². The number of rotatable bonds is 1. The monoisotopic (exact) mass is 211 g/mol. The van der Waals surface area contributed by atoms with Crippen molar-refractivity contribution in [2.45, 2.75) is 19.3 Å². The predicted molar refractivity (Wildman–Crippen MR) is 55.7 cm³/mol. The summed E-state index contributed by atoms with van der Waals surface area (Å²) in [4.78, 5) is 0. The van der Waals surface area contributed by atoms with E-state index in [-0.39, 0.29) is 5.92 Å². The molecule has 0 radical (unpaired) electrons. The molecule has 1 heterocycles. The fourth-order valence-electron chi connectivity index (χ4n) is 2.23. The lowest BCUT2D eigenvalue weighted by molar-refractivity contribution is 0.353. The number of nitrogens with one attached hydrogen (secondary N) is 1. The van der Waals surface area contributed by atoms with Gasteiger partial charge >= 0.3 is 0 Å². The minimum absolute atomic E-state index is 0.101. The van der Waals surface area contributed by atoms with Gasteiger partial charge in [-0.2, -0.15) is 0 Å². The zero-order valence-electron chi connectivity index (χ0n) is 8.76. The standard InChI is InChI=1S/C12H15F2N/c1-8-5-9(7-15-6-8)10-3-2-4-11(13)12(10)14/h2-4,8-9,15H,5-7H2,1H3. The van der Waals surface area contributed by atoms with Gasteiger partial charge in [0.2, 0.25) is 0 Å². The van der Waals surface area contributed by atoms with E-state index in [0.717, 1.165) is 19.5 Å². The topological polar surface area (TPSA) is 12.0 Å². The average Bonchev–Trinajstić information content (AvgIpc) is 2.22. The highest BCUT2D eigenvalue weighted by molar-refractivity contribution is 5.24. The summed E-state index contributed by atoms with van der Waals surface area (Å²) in [6.45, 7) is 3.83. The van der Waals surface area contributed by atoms with Gasteiger partial charge in [0.25, 0.3) is 0 Å². The fourth-order valence-corrected chi connectivity index (χ4v) is 2.23. The molecule has 0 amide bonds. The van der Waals surface area contributed by atoms with E-state index in [9.17, 15) is 8.78 Å². The number of hydrogen-bond acceptors (Lipinski definition) is 1. The SMILES string of the molecule is CC1CNCC(c2cccc(F)c2F)C1. The first-order valence-corrected chi connectivity index (χ1v) is 5.33. The minimum atomic E-state index is -0.745. The molecule has 1 aromatic rings. The summed E-state index contributed by atoms with van der Waals surface area (Å²) >= 11 is 0. The van der Waals surface area contributed by atoms with E-state index in [0.29, 0.717) is 11.5 Å². The summed E-state index contributed by atoms with van der Waals surface area (Å²) < 4.78 is 26.5. The van der Waals surface area contributed by atoms with Crippen molar-refractivity contribution in [3.05, 3.63) is 35.4 Å². The van der Waals surface area contributed by atoms with Gasteiger partial charge in [0.15, 0.2) is 11.6 Å². The third-order valence-corrected chi connectivity index (χ3v) is 2.99. The Morgan fingerprint density at radius 1 is 1.27 bits per heavy atom. The van der Waals surface area contributed by atoms with Crippen LogP contribution in [0, 0.1) is 17.6 Å². The molecule has 15 heavy (non-hydrogen) atoms. The lowest BCUT2D eigenvalue weighted by Gasteiger charge is -2.28. The van der Waals surface area contributed by atoms with E-state index < -0.39 is 11.6 Å². The van der Waals surface area contributed by atoms with E-state index in [1.165, 1.54) is 6.07 Å². The Balaban J connectivity index is 2.24. The van der Waals surface area contributed by atoms with Gasteiger partial charge in [-0.3, -0.25) is 0 Å². The highest BCUT2D eigenvalue weighted by Gasteiger charge is 2.23. The fraction of sp³-hybridized carbons (Fsp3) is 0.500. The molecule has 2 rings (SSSR count). The molecule has 0 aromatic heterocycles. The number of piperidine rings is 1. The highest BCUT2D eigenvalue weighted by Crippen LogP contribution is 2.28. The highest BCUT2D eigenvalue weighted by atomic mass is 19.2. The van der Waals surface area contributed by atoms with Gasteiger partial charge in [0.1, 0.15) is 0 Å². The summed E-state index contributed by atoms with van der Waals surface area (Å²) in [6, 6.07) is 4.42. The molecule has 1 saturated heterocycles. The molecule has 0 spiro atoms. The Kier molecular flexibility index (Phi) is 3.00. The minimum Gasteiger partial charge on any atom is -0.316 e. The molecule has 2 unspecified atom stereocenters. The van der Waals surface area contributed by atoms with E-state index in [2.05, 4.69) is 12.2 Å². The van der Waals surface area contributed by atoms with Crippen LogP contribution in [0.2, 0.25) is 0 Å². The lowest BCUT2D eigenvalue weighted by Crippen LogP contribution is -2.34. The Bertz CT molecular complexity index is 351. The molecule has 0 saturated carbocycles. The van der Waals surface area contributed by atoms with Crippen LogP contribution in [0.25, 0.3) is 0 Å². The first-order chi connectivity index (χ1) is 7.18. The van der Waals surface area contributed by atoms with Crippen LogP contribution in [0.5, 0.6) is 0 Å². The number of benzene rings is 1. The van der Waals surface area contributed by atoms with Crippen molar-refractivity contribution in [1.82, 2.24) is 5.32 Å². The van der Waals surface area contributed by atoms with Crippen molar-refractivity contribution >= 4 is 0 Å². The molecule has 0 aliphatic carbocycles. The maximum Gasteiger partial charge on any atom is 0.162 e. The quantitative estimate of drug-likeness (QED) is 0.753. The Hall–Kier alpha value is -0.960. The van der Waals surface area contributed by atoms with Crippen molar-refractivity contribution in [2.75, 3.05) is 13.1 Å².